The summed E-state index contributed by atoms with van der Waals surface area (Å²) < 4.78 is 29.1. The number of hydrogen-bond acceptors (Lipinski definition) is 5. The van der Waals surface area contributed by atoms with Gasteiger partial charge >= 0.3 is 0 Å². The van der Waals surface area contributed by atoms with E-state index in [0.717, 1.165) is 5.56 Å². The van der Waals surface area contributed by atoms with Gasteiger partial charge in [-0.1, -0.05) is 12.1 Å². The van der Waals surface area contributed by atoms with Crippen molar-refractivity contribution < 1.29 is 8.42 Å². The van der Waals surface area contributed by atoms with Crippen LogP contribution in [-0.2, 0) is 10.0 Å². The zero-order valence-electron chi connectivity index (χ0n) is 14.6. The Labute approximate surface area is 157 Å². The maximum atomic E-state index is 12.5. The van der Waals surface area contributed by atoms with Gasteiger partial charge in [-0.15, -0.1) is 12.3 Å². The predicted octanol–water partition coefficient (Wildman–Crippen LogP) is 2.81. The number of anilines is 1. The number of nitrogens with zero attached hydrogens (tertiary/aromatic N) is 4. The van der Waals surface area contributed by atoms with E-state index in [1.54, 1.807) is 41.9 Å². The van der Waals surface area contributed by atoms with E-state index in [2.05, 4.69) is 20.7 Å². The highest BCUT2D eigenvalue weighted by molar-refractivity contribution is 7.93. The highest BCUT2D eigenvalue weighted by atomic mass is 32.2. The van der Waals surface area contributed by atoms with E-state index < -0.39 is 15.3 Å². The van der Waals surface area contributed by atoms with Crippen molar-refractivity contribution in [2.24, 2.45) is 0 Å². The van der Waals surface area contributed by atoms with Crippen molar-refractivity contribution in [1.82, 2.24) is 14.6 Å². The molecule has 3 aromatic rings. The van der Waals surface area contributed by atoms with Gasteiger partial charge in [0.25, 0.3) is 0 Å². The van der Waals surface area contributed by atoms with Crippen molar-refractivity contribution in [2.45, 2.75) is 25.0 Å². The van der Waals surface area contributed by atoms with Crippen LogP contribution >= 0.6 is 0 Å². The smallest absolute Gasteiger partial charge is 0.235 e. The first-order chi connectivity index (χ1) is 13.0. The summed E-state index contributed by atoms with van der Waals surface area (Å²) in [6.07, 6.45) is 9.04. The Bertz CT molecular complexity index is 1170. The molecule has 2 aromatic heterocycles. The number of nitrogens with one attached hydrogen (secondary N) is 1. The van der Waals surface area contributed by atoms with Gasteiger partial charge < -0.3 is 0 Å². The molecule has 2 heterocycles. The van der Waals surface area contributed by atoms with E-state index in [1.165, 1.54) is 6.20 Å². The fourth-order valence-corrected chi connectivity index (χ4v) is 3.72. The topological polar surface area (TPSA) is 100 Å². The number of benzene rings is 1. The number of sulfonamides is 1. The molecule has 0 aliphatic carbocycles. The predicted molar refractivity (Wildman–Crippen MR) is 103 cm³/mol. The van der Waals surface area contributed by atoms with Gasteiger partial charge in [0, 0.05) is 23.9 Å². The third-order valence-corrected chi connectivity index (χ3v) is 5.98. The Hall–Kier alpha value is -3.36. The highest BCUT2D eigenvalue weighted by Crippen LogP contribution is 2.25. The first-order valence-electron chi connectivity index (χ1n) is 8.24. The van der Waals surface area contributed by atoms with Crippen LogP contribution in [0.5, 0.6) is 0 Å². The van der Waals surface area contributed by atoms with Crippen LogP contribution in [0.25, 0.3) is 16.9 Å². The molecule has 0 saturated carbocycles. The summed E-state index contributed by atoms with van der Waals surface area (Å²) in [5.41, 5.74) is 2.70. The van der Waals surface area contributed by atoms with Crippen LogP contribution in [0.1, 0.15) is 25.3 Å². The Morgan fingerprint density at radius 2 is 2.19 bits per heavy atom. The van der Waals surface area contributed by atoms with Crippen molar-refractivity contribution in [3.05, 3.63) is 48.3 Å². The van der Waals surface area contributed by atoms with Crippen LogP contribution in [-0.4, -0.2) is 28.3 Å². The fourth-order valence-electron chi connectivity index (χ4n) is 2.64. The van der Waals surface area contributed by atoms with E-state index in [4.69, 9.17) is 11.7 Å². The summed E-state index contributed by atoms with van der Waals surface area (Å²) in [6.45, 7) is 1.63. The monoisotopic (exact) mass is 379 g/mol. The minimum absolute atomic E-state index is 0.371. The minimum Gasteiger partial charge on any atom is -0.283 e. The summed E-state index contributed by atoms with van der Waals surface area (Å²) in [5, 5.41) is 12.7. The lowest BCUT2D eigenvalue weighted by molar-refractivity contribution is 0.584. The molecule has 7 nitrogen and oxygen atoms in total. The van der Waals surface area contributed by atoms with Gasteiger partial charge in [0.15, 0.2) is 5.65 Å². The molecule has 3 rings (SSSR count). The van der Waals surface area contributed by atoms with E-state index in [1.807, 2.05) is 12.1 Å². The largest absolute Gasteiger partial charge is 0.283 e. The molecule has 0 fully saturated rings. The first kappa shape index (κ1) is 18.4. The maximum absolute atomic E-state index is 12.5. The van der Waals surface area contributed by atoms with E-state index in [9.17, 15) is 8.42 Å². The molecule has 1 N–H and O–H groups in total. The van der Waals surface area contributed by atoms with E-state index in [-0.39, 0.29) is 0 Å². The van der Waals surface area contributed by atoms with Crippen molar-refractivity contribution in [1.29, 1.82) is 5.26 Å². The molecule has 0 saturated heterocycles. The van der Waals surface area contributed by atoms with Gasteiger partial charge in [0.05, 0.1) is 17.1 Å². The standard InChI is InChI=1S/C19H17N5O2S/c1-3-4-6-14(2)27(25,26)23-17-8-5-7-15(11-17)18-9-10-21-19-16(12-20)13-22-24(18)19/h1,5,7-11,13-14,23H,4,6H2,2H3. The molecule has 136 valence electrons. The summed E-state index contributed by atoms with van der Waals surface area (Å²) >= 11 is 0. The number of nitriles is 1. The lowest BCUT2D eigenvalue weighted by atomic mass is 10.1. The number of rotatable bonds is 6. The molecular weight excluding hydrogens is 362 g/mol. The average Bonchev–Trinajstić information content (AvgIpc) is 3.09. The molecule has 0 bridgehead atoms. The first-order valence-corrected chi connectivity index (χ1v) is 9.79. The number of hydrogen-bond donors (Lipinski definition) is 1. The quantitative estimate of drug-likeness (QED) is 0.664. The van der Waals surface area contributed by atoms with Gasteiger partial charge in [0.1, 0.15) is 11.6 Å². The van der Waals surface area contributed by atoms with Crippen molar-refractivity contribution >= 4 is 21.4 Å². The molecule has 1 aromatic carbocycles. The zero-order chi connectivity index (χ0) is 19.4. The Balaban J connectivity index is 1.95. The van der Waals surface area contributed by atoms with E-state index in [0.29, 0.717) is 35.4 Å². The molecule has 0 aliphatic heterocycles. The number of terminal acetylenes is 1. The third-order valence-electron chi connectivity index (χ3n) is 4.17. The highest BCUT2D eigenvalue weighted by Gasteiger charge is 2.20. The summed E-state index contributed by atoms with van der Waals surface area (Å²) in [7, 11) is -3.55. The van der Waals surface area contributed by atoms with Gasteiger partial charge in [-0.25, -0.2) is 17.9 Å². The molecular formula is C19H17N5O2S. The molecule has 8 heteroatoms. The molecule has 0 radical (unpaired) electrons. The second-order valence-corrected chi connectivity index (χ2v) is 8.12. The Morgan fingerprint density at radius 3 is 2.93 bits per heavy atom. The number of fused-ring (bicyclic) bond motifs is 1. The second-order valence-electron chi connectivity index (χ2n) is 6.02. The normalized spacial score (nSPS) is 12.3. The van der Waals surface area contributed by atoms with Gasteiger partial charge in [0.2, 0.25) is 10.0 Å². The Morgan fingerprint density at radius 1 is 1.37 bits per heavy atom. The SMILES string of the molecule is C#CCCC(C)S(=O)(=O)Nc1cccc(-c2ccnc3c(C#N)cnn23)c1. The van der Waals surface area contributed by atoms with Crippen molar-refractivity contribution in [3.8, 4) is 29.7 Å². The maximum Gasteiger partial charge on any atom is 0.235 e. The molecule has 1 unspecified atom stereocenters. The lowest BCUT2D eigenvalue weighted by Crippen LogP contribution is -2.25. The summed E-state index contributed by atoms with van der Waals surface area (Å²) in [5.74, 6) is 2.46. The molecule has 0 spiro atoms. The van der Waals surface area contributed by atoms with Crippen LogP contribution in [0.4, 0.5) is 5.69 Å². The van der Waals surface area contributed by atoms with Crippen LogP contribution < -0.4 is 4.72 Å². The molecule has 0 amide bonds. The van der Waals surface area contributed by atoms with Gasteiger partial charge in [-0.3, -0.25) is 4.72 Å². The third kappa shape index (κ3) is 3.76. The van der Waals surface area contributed by atoms with Crippen LogP contribution in [0, 0.1) is 23.7 Å². The van der Waals surface area contributed by atoms with Gasteiger partial charge in [-0.05, 0) is 31.5 Å². The summed E-state index contributed by atoms with van der Waals surface area (Å²) in [6, 6.07) is 10.8. The van der Waals surface area contributed by atoms with Crippen LogP contribution in [0.3, 0.4) is 0 Å². The van der Waals surface area contributed by atoms with Crippen LogP contribution in [0.2, 0.25) is 0 Å². The van der Waals surface area contributed by atoms with Crippen molar-refractivity contribution in [2.75, 3.05) is 4.72 Å². The van der Waals surface area contributed by atoms with Crippen LogP contribution in [0.15, 0.2) is 42.7 Å². The lowest BCUT2D eigenvalue weighted by Gasteiger charge is -2.14. The number of aromatic nitrogens is 3. The fraction of sp³-hybridized carbons (Fsp3) is 0.211. The van der Waals surface area contributed by atoms with Gasteiger partial charge in [-0.2, -0.15) is 10.4 Å². The molecule has 0 aliphatic rings. The zero-order valence-corrected chi connectivity index (χ0v) is 15.4. The molecule has 27 heavy (non-hydrogen) atoms. The average molecular weight is 379 g/mol. The van der Waals surface area contributed by atoms with Crippen molar-refractivity contribution in [3.63, 3.8) is 0 Å². The second kappa shape index (κ2) is 7.48. The molecule has 1 atom stereocenters. The minimum atomic E-state index is -3.55. The van der Waals surface area contributed by atoms with E-state index >= 15 is 0 Å². The Kier molecular flexibility index (Phi) is 5.11. The summed E-state index contributed by atoms with van der Waals surface area (Å²) in [4.78, 5) is 4.18.